The minimum atomic E-state index is -0.364. The average Bonchev–Trinajstić information content (AvgIpc) is 2.97. The number of anilines is 1. The minimum absolute atomic E-state index is 0.117. The highest BCUT2D eigenvalue weighted by Crippen LogP contribution is 2.32. The Morgan fingerprint density at radius 1 is 0.833 bits per heavy atom. The first-order valence-electron chi connectivity index (χ1n) is 9.69. The summed E-state index contributed by atoms with van der Waals surface area (Å²) in [5, 5.41) is 3.73. The highest BCUT2D eigenvalue weighted by molar-refractivity contribution is 6.36. The number of halogens is 1. The molecule has 4 nitrogen and oxygen atoms in total. The van der Waals surface area contributed by atoms with Crippen LogP contribution in [0.5, 0.6) is 0 Å². The molecular formula is C25H21ClN2O2. The van der Waals surface area contributed by atoms with Gasteiger partial charge in [-0.3, -0.25) is 14.5 Å². The van der Waals surface area contributed by atoms with Gasteiger partial charge in [0.1, 0.15) is 5.70 Å². The maximum Gasteiger partial charge on any atom is 0.278 e. The number of rotatable bonds is 5. The monoisotopic (exact) mass is 416 g/mol. The van der Waals surface area contributed by atoms with Crippen molar-refractivity contribution >= 4 is 34.7 Å². The van der Waals surface area contributed by atoms with Gasteiger partial charge in [0.15, 0.2) is 0 Å². The van der Waals surface area contributed by atoms with E-state index >= 15 is 0 Å². The molecule has 30 heavy (non-hydrogen) atoms. The molecule has 150 valence electrons. The van der Waals surface area contributed by atoms with Crippen LogP contribution < -0.4 is 5.32 Å². The van der Waals surface area contributed by atoms with E-state index in [1.807, 2.05) is 80.6 Å². The molecule has 3 aromatic carbocycles. The fourth-order valence-electron chi connectivity index (χ4n) is 3.47. The number of hydrogen-bond acceptors (Lipinski definition) is 3. The van der Waals surface area contributed by atoms with Crippen molar-refractivity contribution in [2.24, 2.45) is 0 Å². The van der Waals surface area contributed by atoms with Crippen molar-refractivity contribution in [1.29, 1.82) is 0 Å². The van der Waals surface area contributed by atoms with Gasteiger partial charge >= 0.3 is 0 Å². The summed E-state index contributed by atoms with van der Waals surface area (Å²) >= 11 is 6.27. The number of carbonyl (C=O) groups excluding carboxylic acids is 2. The summed E-state index contributed by atoms with van der Waals surface area (Å²) < 4.78 is 0. The summed E-state index contributed by atoms with van der Waals surface area (Å²) in [6, 6.07) is 22.4. The minimum Gasteiger partial charge on any atom is -0.350 e. The van der Waals surface area contributed by atoms with E-state index in [9.17, 15) is 9.59 Å². The van der Waals surface area contributed by atoms with Crippen LogP contribution in [-0.2, 0) is 16.1 Å². The second kappa shape index (κ2) is 8.17. The first-order valence-corrected chi connectivity index (χ1v) is 10.1. The van der Waals surface area contributed by atoms with Crippen molar-refractivity contribution in [3.8, 4) is 0 Å². The SMILES string of the molecule is Cc1ccc(NC2=C(c3ccccc3)C(=O)N(Cc3ccccc3Cl)C2=O)cc1C. The molecule has 0 aliphatic carbocycles. The molecular weight excluding hydrogens is 396 g/mol. The molecule has 3 aromatic rings. The van der Waals surface area contributed by atoms with Gasteiger partial charge in [-0.2, -0.15) is 0 Å². The lowest BCUT2D eigenvalue weighted by molar-refractivity contribution is -0.137. The highest BCUT2D eigenvalue weighted by Gasteiger charge is 2.39. The van der Waals surface area contributed by atoms with Gasteiger partial charge < -0.3 is 5.32 Å². The van der Waals surface area contributed by atoms with Crippen molar-refractivity contribution in [2.75, 3.05) is 5.32 Å². The van der Waals surface area contributed by atoms with Crippen molar-refractivity contribution < 1.29 is 9.59 Å². The molecule has 4 rings (SSSR count). The lowest BCUT2D eigenvalue weighted by Crippen LogP contribution is -2.32. The van der Waals surface area contributed by atoms with Crippen LogP contribution in [-0.4, -0.2) is 16.7 Å². The van der Waals surface area contributed by atoms with E-state index in [0.717, 1.165) is 22.4 Å². The summed E-state index contributed by atoms with van der Waals surface area (Å²) in [7, 11) is 0. The number of nitrogens with zero attached hydrogens (tertiary/aromatic N) is 1. The lowest BCUT2D eigenvalue weighted by atomic mass is 10.0. The van der Waals surface area contributed by atoms with Crippen molar-refractivity contribution in [2.45, 2.75) is 20.4 Å². The molecule has 0 aromatic heterocycles. The summed E-state index contributed by atoms with van der Waals surface area (Å²) in [6.07, 6.45) is 0. The highest BCUT2D eigenvalue weighted by atomic mass is 35.5. The number of amides is 2. The maximum atomic E-state index is 13.3. The van der Waals surface area contributed by atoms with Gasteiger partial charge in [0.2, 0.25) is 0 Å². The Balaban J connectivity index is 1.75. The molecule has 0 saturated carbocycles. The smallest absolute Gasteiger partial charge is 0.278 e. The predicted molar refractivity (Wildman–Crippen MR) is 120 cm³/mol. The Hall–Kier alpha value is -3.37. The molecule has 0 unspecified atom stereocenters. The topological polar surface area (TPSA) is 49.4 Å². The summed E-state index contributed by atoms with van der Waals surface area (Å²) in [5.41, 5.74) is 5.10. The van der Waals surface area contributed by atoms with E-state index in [2.05, 4.69) is 5.32 Å². The van der Waals surface area contributed by atoms with E-state index in [1.54, 1.807) is 6.07 Å². The van der Waals surface area contributed by atoms with Crippen molar-refractivity contribution in [3.05, 3.63) is 106 Å². The van der Waals surface area contributed by atoms with E-state index in [0.29, 0.717) is 16.2 Å². The molecule has 0 saturated heterocycles. The zero-order valence-corrected chi connectivity index (χ0v) is 17.5. The summed E-state index contributed by atoms with van der Waals surface area (Å²) in [5.74, 6) is -0.700. The number of nitrogens with one attached hydrogen (secondary N) is 1. The van der Waals surface area contributed by atoms with Gasteiger partial charge in [-0.15, -0.1) is 0 Å². The molecule has 2 amide bonds. The third kappa shape index (κ3) is 3.74. The van der Waals surface area contributed by atoms with Gasteiger partial charge in [0.05, 0.1) is 12.1 Å². The molecule has 0 spiro atoms. The Bertz CT molecular complexity index is 1170. The van der Waals surface area contributed by atoms with Gasteiger partial charge in [-0.05, 0) is 54.3 Å². The third-order valence-corrected chi connectivity index (χ3v) is 5.66. The average molecular weight is 417 g/mol. The largest absolute Gasteiger partial charge is 0.350 e. The Morgan fingerprint density at radius 3 is 2.23 bits per heavy atom. The number of aryl methyl sites for hydroxylation is 2. The van der Waals surface area contributed by atoms with Crippen molar-refractivity contribution in [3.63, 3.8) is 0 Å². The molecule has 1 N–H and O–H groups in total. The van der Waals surface area contributed by atoms with Crippen LogP contribution in [0.15, 0.2) is 78.5 Å². The van der Waals surface area contributed by atoms with Gasteiger partial charge in [0, 0.05) is 10.7 Å². The van der Waals surface area contributed by atoms with Crippen molar-refractivity contribution in [1.82, 2.24) is 4.90 Å². The molecule has 1 aliphatic rings. The van der Waals surface area contributed by atoms with Crippen LogP contribution in [0.3, 0.4) is 0 Å². The number of benzene rings is 3. The fraction of sp³-hybridized carbons (Fsp3) is 0.120. The second-order valence-electron chi connectivity index (χ2n) is 7.33. The quantitative estimate of drug-likeness (QED) is 0.570. The third-order valence-electron chi connectivity index (χ3n) is 5.29. The number of hydrogen-bond donors (Lipinski definition) is 1. The first kappa shape index (κ1) is 19.9. The van der Waals surface area contributed by atoms with Crippen LogP contribution in [0, 0.1) is 13.8 Å². The molecule has 1 heterocycles. The maximum absolute atomic E-state index is 13.3. The van der Waals surface area contributed by atoms with E-state index in [1.165, 1.54) is 4.90 Å². The normalized spacial score (nSPS) is 13.9. The van der Waals surface area contributed by atoms with Crippen LogP contribution in [0.25, 0.3) is 5.57 Å². The first-order chi connectivity index (χ1) is 14.5. The number of carbonyl (C=O) groups is 2. The lowest BCUT2D eigenvalue weighted by Gasteiger charge is -2.16. The molecule has 0 radical (unpaired) electrons. The van der Waals surface area contributed by atoms with E-state index < -0.39 is 0 Å². The molecule has 0 bridgehead atoms. The Kier molecular flexibility index (Phi) is 5.42. The standard InChI is InChI=1S/C25H21ClN2O2/c1-16-12-13-20(14-17(16)2)27-23-22(18-8-4-3-5-9-18)24(29)28(25(23)30)15-19-10-6-7-11-21(19)26/h3-14,27H,15H2,1-2H3. The van der Waals surface area contributed by atoms with Gasteiger partial charge in [-0.1, -0.05) is 66.2 Å². The van der Waals surface area contributed by atoms with Crippen LogP contribution >= 0.6 is 11.6 Å². The van der Waals surface area contributed by atoms with Crippen LogP contribution in [0.2, 0.25) is 5.02 Å². The molecule has 0 fully saturated rings. The zero-order valence-electron chi connectivity index (χ0n) is 16.8. The summed E-state index contributed by atoms with van der Waals surface area (Å²) in [6.45, 7) is 4.16. The van der Waals surface area contributed by atoms with Crippen LogP contribution in [0.1, 0.15) is 22.3 Å². The second-order valence-corrected chi connectivity index (χ2v) is 7.74. The summed E-state index contributed by atoms with van der Waals surface area (Å²) in [4.78, 5) is 27.9. The Morgan fingerprint density at radius 2 is 1.53 bits per heavy atom. The van der Waals surface area contributed by atoms with Gasteiger partial charge in [-0.25, -0.2) is 0 Å². The fourth-order valence-corrected chi connectivity index (χ4v) is 3.66. The Labute approximate surface area is 180 Å². The van der Waals surface area contributed by atoms with E-state index in [4.69, 9.17) is 11.6 Å². The molecule has 5 heteroatoms. The van der Waals surface area contributed by atoms with Gasteiger partial charge in [0.25, 0.3) is 11.8 Å². The molecule has 0 atom stereocenters. The van der Waals surface area contributed by atoms with Crippen LogP contribution in [0.4, 0.5) is 5.69 Å². The predicted octanol–water partition coefficient (Wildman–Crippen LogP) is 5.35. The molecule has 1 aliphatic heterocycles. The van der Waals surface area contributed by atoms with E-state index in [-0.39, 0.29) is 24.1 Å². The zero-order chi connectivity index (χ0) is 21.3. The number of imide groups is 1.